The number of hydrazone groups is 1. The molecule has 41 heavy (non-hydrogen) atoms. The lowest BCUT2D eigenvalue weighted by atomic mass is 10.1. The number of amidine groups is 1. The van der Waals surface area contributed by atoms with Crippen LogP contribution in [0.15, 0.2) is 53.7 Å². The summed E-state index contributed by atoms with van der Waals surface area (Å²) in [6.45, 7) is 23.0. The molecule has 236 valence electrons. The predicted molar refractivity (Wildman–Crippen MR) is 176 cm³/mol. The van der Waals surface area contributed by atoms with Gasteiger partial charge in [0, 0.05) is 26.6 Å². The molecular formula is C34H61N3O4. The van der Waals surface area contributed by atoms with Crippen molar-refractivity contribution in [1.82, 2.24) is 9.91 Å². The zero-order valence-electron chi connectivity index (χ0n) is 28.3. The Morgan fingerprint density at radius 2 is 1.59 bits per heavy atom. The zero-order chi connectivity index (χ0) is 32.1. The number of hydrogen-bond donors (Lipinski definition) is 0. The Labute approximate surface area is 252 Å². The van der Waals surface area contributed by atoms with Crippen molar-refractivity contribution < 1.29 is 19.1 Å². The molecule has 0 atom stereocenters. The summed E-state index contributed by atoms with van der Waals surface area (Å²) in [4.78, 5) is 25.5. The molecule has 0 radical (unpaired) electrons. The predicted octanol–water partition coefficient (Wildman–Crippen LogP) is 8.44. The fraction of sp³-hybridized carbons (Fsp3) is 0.618. The van der Waals surface area contributed by atoms with Gasteiger partial charge >= 0.3 is 5.97 Å². The summed E-state index contributed by atoms with van der Waals surface area (Å²) in [6, 6.07) is 7.65. The molecule has 0 spiro atoms. The maximum atomic E-state index is 12.1. The van der Waals surface area contributed by atoms with Crippen LogP contribution in [0.1, 0.15) is 107 Å². The van der Waals surface area contributed by atoms with Crippen LogP contribution in [0.5, 0.6) is 5.75 Å². The van der Waals surface area contributed by atoms with Crippen molar-refractivity contribution in [2.75, 3.05) is 26.7 Å². The second-order valence-corrected chi connectivity index (χ2v) is 8.77. The van der Waals surface area contributed by atoms with Crippen LogP contribution >= 0.6 is 0 Å². The molecular weight excluding hydrogens is 514 g/mol. The van der Waals surface area contributed by atoms with Crippen molar-refractivity contribution >= 4 is 18.2 Å². The number of esters is 1. The molecule has 0 heterocycles. The molecule has 0 fully saturated rings. The van der Waals surface area contributed by atoms with Crippen LogP contribution in [0, 0.1) is 0 Å². The van der Waals surface area contributed by atoms with E-state index in [0.717, 1.165) is 50.0 Å². The number of amides is 1. The van der Waals surface area contributed by atoms with Gasteiger partial charge in [0.2, 0.25) is 6.41 Å². The number of nitrogens with zero attached hydrogens (tertiary/aromatic N) is 3. The lowest BCUT2D eigenvalue weighted by Crippen LogP contribution is -2.39. The number of carbonyl (C=O) groups is 2. The summed E-state index contributed by atoms with van der Waals surface area (Å²) in [5.41, 5.74) is 0.0350. The van der Waals surface area contributed by atoms with Crippen LogP contribution in [0.2, 0.25) is 0 Å². The van der Waals surface area contributed by atoms with E-state index < -0.39 is 11.6 Å². The molecule has 0 N–H and O–H groups in total. The molecule has 0 aliphatic rings. The normalized spacial score (nSPS) is 10.9. The van der Waals surface area contributed by atoms with Crippen LogP contribution in [0.4, 0.5) is 0 Å². The van der Waals surface area contributed by atoms with Crippen LogP contribution in [-0.2, 0) is 20.7 Å². The van der Waals surface area contributed by atoms with Gasteiger partial charge in [-0.1, -0.05) is 84.9 Å². The van der Waals surface area contributed by atoms with Gasteiger partial charge in [-0.25, -0.2) is 4.79 Å². The van der Waals surface area contributed by atoms with E-state index in [1.54, 1.807) is 25.7 Å². The van der Waals surface area contributed by atoms with Gasteiger partial charge in [0.05, 0.1) is 6.61 Å². The van der Waals surface area contributed by atoms with Gasteiger partial charge < -0.3 is 14.4 Å². The van der Waals surface area contributed by atoms with Gasteiger partial charge in [0.25, 0.3) is 0 Å². The standard InChI is InChI=1S/C28H43N3O4.3C2H6/c1-7-10-11-12-13-14-22-30(6)29-26(31(23-32)21-8-2)20-17-24-15-18-25(19-16-24)35-28(4,5)27(33)34-9-3;3*1-2/h7,10-12,15-16,18-19,23H,8-9,13-14,17,20-22H2,1-6H3;3*1-2H3/b10-7-,12-11-,29-26-;;;. The molecule has 7 heteroatoms. The van der Waals surface area contributed by atoms with Crippen molar-refractivity contribution in [3.8, 4) is 5.75 Å². The minimum absolute atomic E-state index is 0.313. The number of benzene rings is 1. The maximum absolute atomic E-state index is 12.1. The SMILES string of the molecule is C/C=C\C=C/CCCN(C)/N=C(/CCc1ccc(OC(C)(C)C(=O)OCC)cc1)N(C=O)CCC.CC.CC.CC. The average Bonchev–Trinajstić information content (AvgIpc) is 2.99. The molecule has 1 amide bonds. The molecule has 0 unspecified atom stereocenters. The lowest BCUT2D eigenvalue weighted by Gasteiger charge is -2.24. The van der Waals surface area contributed by atoms with Crippen molar-refractivity contribution in [3.05, 3.63) is 54.1 Å². The molecule has 1 rings (SSSR count). The Morgan fingerprint density at radius 3 is 2.10 bits per heavy atom. The highest BCUT2D eigenvalue weighted by molar-refractivity contribution is 5.90. The Morgan fingerprint density at radius 1 is 0.976 bits per heavy atom. The van der Waals surface area contributed by atoms with Crippen LogP contribution in [0.25, 0.3) is 0 Å². The third-order valence-corrected chi connectivity index (χ3v) is 5.20. The summed E-state index contributed by atoms with van der Waals surface area (Å²) < 4.78 is 10.9. The lowest BCUT2D eigenvalue weighted by molar-refractivity contribution is -0.158. The third-order valence-electron chi connectivity index (χ3n) is 5.20. The summed E-state index contributed by atoms with van der Waals surface area (Å²) >= 11 is 0. The molecule has 1 aromatic rings. The first-order valence-corrected chi connectivity index (χ1v) is 15.5. The van der Waals surface area contributed by atoms with Gasteiger partial charge in [-0.3, -0.25) is 9.80 Å². The van der Waals surface area contributed by atoms with Crippen molar-refractivity contribution in [1.29, 1.82) is 0 Å². The topological polar surface area (TPSA) is 71.4 Å². The molecule has 0 aromatic heterocycles. The van der Waals surface area contributed by atoms with E-state index in [9.17, 15) is 9.59 Å². The first-order chi connectivity index (χ1) is 19.8. The Kier molecular flexibility index (Phi) is 29.4. The third kappa shape index (κ3) is 20.4. The Balaban J connectivity index is -0.00000225. The monoisotopic (exact) mass is 575 g/mol. The van der Waals surface area contributed by atoms with Crippen molar-refractivity contribution in [3.63, 3.8) is 0 Å². The highest BCUT2D eigenvalue weighted by Crippen LogP contribution is 2.21. The number of ether oxygens (including phenoxy) is 2. The zero-order valence-corrected chi connectivity index (χ0v) is 28.3. The number of rotatable bonds is 16. The first kappa shape index (κ1) is 42.4. The van der Waals surface area contributed by atoms with Crippen LogP contribution in [-0.4, -0.2) is 60.5 Å². The molecule has 7 nitrogen and oxygen atoms in total. The summed E-state index contributed by atoms with van der Waals surface area (Å²) in [5, 5.41) is 6.66. The number of allylic oxidation sites excluding steroid dienone is 4. The van der Waals surface area contributed by atoms with E-state index in [0.29, 0.717) is 25.3 Å². The summed E-state index contributed by atoms with van der Waals surface area (Å²) in [7, 11) is 1.95. The van der Waals surface area contributed by atoms with E-state index in [1.165, 1.54) is 0 Å². The van der Waals surface area contributed by atoms with E-state index in [-0.39, 0.29) is 0 Å². The van der Waals surface area contributed by atoms with Crippen LogP contribution < -0.4 is 4.74 Å². The number of hydrogen-bond acceptors (Lipinski definition) is 6. The highest BCUT2D eigenvalue weighted by atomic mass is 16.6. The first-order valence-electron chi connectivity index (χ1n) is 15.5. The fourth-order valence-corrected chi connectivity index (χ4v) is 3.33. The van der Waals surface area contributed by atoms with E-state index in [4.69, 9.17) is 14.6 Å². The maximum Gasteiger partial charge on any atom is 0.349 e. The highest BCUT2D eigenvalue weighted by Gasteiger charge is 2.31. The summed E-state index contributed by atoms with van der Waals surface area (Å²) in [5.74, 6) is 0.967. The largest absolute Gasteiger partial charge is 0.476 e. The quantitative estimate of drug-likeness (QED) is 0.0376. The number of unbranched alkanes of at least 4 members (excludes halogenated alkanes) is 1. The molecule has 0 bridgehead atoms. The van der Waals surface area contributed by atoms with Gasteiger partial charge in [-0.05, 0) is 71.1 Å². The Bertz CT molecular complexity index is 846. The second kappa shape index (κ2) is 28.4. The molecule has 0 saturated carbocycles. The molecule has 1 aromatic carbocycles. The van der Waals surface area contributed by atoms with Crippen molar-refractivity contribution in [2.45, 2.75) is 114 Å². The van der Waals surface area contributed by atoms with E-state index >= 15 is 0 Å². The van der Waals surface area contributed by atoms with Gasteiger partial charge in [0.1, 0.15) is 11.6 Å². The smallest absolute Gasteiger partial charge is 0.349 e. The van der Waals surface area contributed by atoms with E-state index in [1.807, 2.05) is 104 Å². The van der Waals surface area contributed by atoms with E-state index in [2.05, 4.69) is 12.2 Å². The summed E-state index contributed by atoms with van der Waals surface area (Å²) in [6.07, 6.45) is 13.3. The van der Waals surface area contributed by atoms with Crippen molar-refractivity contribution in [2.24, 2.45) is 5.10 Å². The minimum Gasteiger partial charge on any atom is -0.476 e. The number of carbonyl (C=O) groups excluding carboxylic acids is 2. The Hall–Kier alpha value is -3.09. The second-order valence-electron chi connectivity index (χ2n) is 8.77. The fourth-order valence-electron chi connectivity index (χ4n) is 3.33. The minimum atomic E-state index is -1.06. The average molecular weight is 576 g/mol. The van der Waals surface area contributed by atoms with Gasteiger partial charge in [0.15, 0.2) is 5.60 Å². The van der Waals surface area contributed by atoms with Gasteiger partial charge in [-0.2, -0.15) is 5.10 Å². The van der Waals surface area contributed by atoms with Gasteiger partial charge in [-0.15, -0.1) is 0 Å². The molecule has 0 saturated heterocycles. The number of aryl methyl sites for hydroxylation is 1. The molecule has 0 aliphatic heterocycles. The molecule has 0 aliphatic carbocycles. The van der Waals surface area contributed by atoms with Crippen LogP contribution in [0.3, 0.4) is 0 Å².